The third-order valence-electron chi connectivity index (χ3n) is 4.61. The lowest BCUT2D eigenvalue weighted by Gasteiger charge is -2.34. The molecule has 1 saturated heterocycles. The minimum absolute atomic E-state index is 0.0255. The summed E-state index contributed by atoms with van der Waals surface area (Å²) >= 11 is 1.45. The molecule has 0 aromatic carbocycles. The quantitative estimate of drug-likeness (QED) is 0.440. The van der Waals surface area contributed by atoms with Crippen LogP contribution >= 0.6 is 11.8 Å². The predicted molar refractivity (Wildman–Crippen MR) is 110 cm³/mol. The van der Waals surface area contributed by atoms with Crippen molar-refractivity contribution in [2.24, 2.45) is 5.73 Å². The van der Waals surface area contributed by atoms with Crippen molar-refractivity contribution >= 4 is 17.9 Å². The fourth-order valence-electron chi connectivity index (χ4n) is 3.25. The molecule has 1 unspecified atom stereocenters. The van der Waals surface area contributed by atoms with E-state index in [4.69, 9.17) is 10.5 Å². The summed E-state index contributed by atoms with van der Waals surface area (Å²) in [4.78, 5) is 22.7. The second-order valence-corrected chi connectivity index (χ2v) is 8.74. The Morgan fingerprint density at radius 3 is 2.62 bits per heavy atom. The summed E-state index contributed by atoms with van der Waals surface area (Å²) in [7, 11) is 0. The molecule has 3 heterocycles. The summed E-state index contributed by atoms with van der Waals surface area (Å²) in [6.07, 6.45) is 3.53. The Labute approximate surface area is 174 Å². The van der Waals surface area contributed by atoms with Crippen LogP contribution in [0.5, 0.6) is 0 Å². The van der Waals surface area contributed by atoms with Crippen molar-refractivity contribution in [3.8, 4) is 11.4 Å². The van der Waals surface area contributed by atoms with Gasteiger partial charge in [0, 0.05) is 19.3 Å². The predicted octanol–water partition coefficient (Wildman–Crippen LogP) is 2.58. The average molecular weight is 421 g/mol. The Hall–Kier alpha value is -2.17. The number of likely N-dealkylation sites (tertiary alicyclic amines) is 1. The number of carbonyl (C=O) groups is 1. The molecule has 29 heavy (non-hydrogen) atoms. The van der Waals surface area contributed by atoms with Crippen molar-refractivity contribution in [3.05, 3.63) is 24.0 Å². The standard InChI is InChI=1S/C19H28N6O3S/c1-19(2,3)28-18(27)24-9-6-12(7-10-24)25-15(16(20)26)11-14(23-25)13-5-8-21-17(22-13)29-4/h5,8,11-12,16,26H,6-7,9-10,20H2,1-4H3. The average Bonchev–Trinajstić information content (AvgIpc) is 3.13. The number of rotatable bonds is 4. The molecule has 0 aliphatic carbocycles. The number of amides is 1. The van der Waals surface area contributed by atoms with Crippen LogP contribution < -0.4 is 5.73 Å². The Morgan fingerprint density at radius 1 is 1.34 bits per heavy atom. The minimum atomic E-state index is -1.15. The number of nitrogens with two attached hydrogens (primary N) is 1. The van der Waals surface area contributed by atoms with Crippen LogP contribution in [0.3, 0.4) is 0 Å². The van der Waals surface area contributed by atoms with E-state index < -0.39 is 11.8 Å². The number of aromatic nitrogens is 4. The van der Waals surface area contributed by atoms with Gasteiger partial charge >= 0.3 is 6.09 Å². The molecule has 158 valence electrons. The van der Waals surface area contributed by atoms with Gasteiger partial charge < -0.3 is 20.5 Å². The van der Waals surface area contributed by atoms with Crippen molar-refractivity contribution < 1.29 is 14.6 Å². The number of carbonyl (C=O) groups excluding carboxylic acids is 1. The third kappa shape index (κ3) is 5.26. The largest absolute Gasteiger partial charge is 0.444 e. The number of nitrogens with zero attached hydrogens (tertiary/aromatic N) is 5. The summed E-state index contributed by atoms with van der Waals surface area (Å²) in [6.45, 7) is 6.67. The smallest absolute Gasteiger partial charge is 0.410 e. The van der Waals surface area contributed by atoms with E-state index in [2.05, 4.69) is 15.1 Å². The number of thioether (sulfide) groups is 1. The molecule has 1 aliphatic heterocycles. The molecule has 0 bridgehead atoms. The molecule has 3 N–H and O–H groups in total. The zero-order valence-corrected chi connectivity index (χ0v) is 18.0. The summed E-state index contributed by atoms with van der Waals surface area (Å²) in [5.41, 5.74) is 7.11. The maximum Gasteiger partial charge on any atom is 0.410 e. The normalized spacial score (nSPS) is 16.7. The van der Waals surface area contributed by atoms with Crippen LogP contribution in [0.15, 0.2) is 23.5 Å². The van der Waals surface area contributed by atoms with Crippen LogP contribution in [-0.4, -0.2) is 60.8 Å². The van der Waals surface area contributed by atoms with Gasteiger partial charge in [-0.15, -0.1) is 0 Å². The van der Waals surface area contributed by atoms with E-state index in [9.17, 15) is 9.90 Å². The molecule has 9 nitrogen and oxygen atoms in total. The highest BCUT2D eigenvalue weighted by molar-refractivity contribution is 7.98. The van der Waals surface area contributed by atoms with Gasteiger partial charge in [0.05, 0.1) is 17.4 Å². The van der Waals surface area contributed by atoms with E-state index in [0.717, 1.165) is 0 Å². The Morgan fingerprint density at radius 2 is 2.03 bits per heavy atom. The molecular weight excluding hydrogens is 392 g/mol. The first-order valence-electron chi connectivity index (χ1n) is 9.56. The fourth-order valence-corrected chi connectivity index (χ4v) is 3.60. The second kappa shape index (κ2) is 8.68. The first-order valence-corrected chi connectivity index (χ1v) is 10.8. The van der Waals surface area contributed by atoms with E-state index in [1.807, 2.05) is 27.0 Å². The number of aliphatic hydroxyl groups is 1. The van der Waals surface area contributed by atoms with Crippen molar-refractivity contribution in [2.45, 2.75) is 56.6 Å². The third-order valence-corrected chi connectivity index (χ3v) is 5.17. The van der Waals surface area contributed by atoms with Crippen LogP contribution in [0, 0.1) is 0 Å². The van der Waals surface area contributed by atoms with Gasteiger partial charge in [0.25, 0.3) is 0 Å². The van der Waals surface area contributed by atoms with Crippen LogP contribution in [0.1, 0.15) is 51.6 Å². The van der Waals surface area contributed by atoms with E-state index in [1.54, 1.807) is 27.9 Å². The van der Waals surface area contributed by atoms with Crippen molar-refractivity contribution in [2.75, 3.05) is 19.3 Å². The van der Waals surface area contributed by atoms with Gasteiger partial charge in [0.15, 0.2) is 5.16 Å². The number of piperidine rings is 1. The SMILES string of the molecule is CSc1nccc(-c2cc(C(N)O)n(C3CCN(C(=O)OC(C)(C)C)CC3)n2)n1. The Bertz CT molecular complexity index is 856. The molecule has 2 aromatic rings. The van der Waals surface area contributed by atoms with Gasteiger partial charge in [-0.25, -0.2) is 14.8 Å². The van der Waals surface area contributed by atoms with Gasteiger partial charge in [-0.2, -0.15) is 5.10 Å². The van der Waals surface area contributed by atoms with Crippen LogP contribution in [0.4, 0.5) is 4.79 Å². The molecule has 0 saturated carbocycles. The van der Waals surface area contributed by atoms with Crippen LogP contribution in [0.25, 0.3) is 11.4 Å². The van der Waals surface area contributed by atoms with Gasteiger partial charge in [-0.1, -0.05) is 11.8 Å². The summed E-state index contributed by atoms with van der Waals surface area (Å²) in [5.74, 6) is 0. The zero-order chi connectivity index (χ0) is 21.2. The number of hydrogen-bond acceptors (Lipinski definition) is 8. The first kappa shape index (κ1) is 21.5. The van der Waals surface area contributed by atoms with Gasteiger partial charge in [0.1, 0.15) is 17.5 Å². The zero-order valence-electron chi connectivity index (χ0n) is 17.2. The van der Waals surface area contributed by atoms with E-state index >= 15 is 0 Å². The molecule has 1 amide bonds. The summed E-state index contributed by atoms with van der Waals surface area (Å²) < 4.78 is 7.22. The lowest BCUT2D eigenvalue weighted by atomic mass is 10.1. The second-order valence-electron chi connectivity index (χ2n) is 7.97. The van der Waals surface area contributed by atoms with Crippen molar-refractivity contribution in [3.63, 3.8) is 0 Å². The molecule has 1 aliphatic rings. The molecule has 10 heteroatoms. The van der Waals surface area contributed by atoms with E-state index in [-0.39, 0.29) is 12.1 Å². The van der Waals surface area contributed by atoms with Gasteiger partial charge in [0.2, 0.25) is 0 Å². The number of hydrogen-bond donors (Lipinski definition) is 2. The number of aliphatic hydroxyl groups excluding tert-OH is 1. The van der Waals surface area contributed by atoms with Crippen LogP contribution in [0.2, 0.25) is 0 Å². The summed E-state index contributed by atoms with van der Waals surface area (Å²) in [5, 5.41) is 15.4. The monoisotopic (exact) mass is 420 g/mol. The lowest BCUT2D eigenvalue weighted by molar-refractivity contribution is 0.0181. The number of ether oxygens (including phenoxy) is 1. The van der Waals surface area contributed by atoms with Crippen LogP contribution in [-0.2, 0) is 4.74 Å². The Balaban J connectivity index is 1.77. The molecule has 1 fully saturated rings. The molecule has 0 spiro atoms. The van der Waals surface area contributed by atoms with Gasteiger partial charge in [-0.3, -0.25) is 4.68 Å². The molecule has 0 radical (unpaired) electrons. The highest BCUT2D eigenvalue weighted by Gasteiger charge is 2.30. The lowest BCUT2D eigenvalue weighted by Crippen LogP contribution is -2.42. The maximum absolute atomic E-state index is 12.3. The van der Waals surface area contributed by atoms with Gasteiger partial charge in [-0.05, 0) is 52.0 Å². The molecule has 1 atom stereocenters. The highest BCUT2D eigenvalue weighted by atomic mass is 32.2. The topological polar surface area (TPSA) is 119 Å². The Kier molecular flexibility index (Phi) is 6.45. The minimum Gasteiger partial charge on any atom is -0.444 e. The highest BCUT2D eigenvalue weighted by Crippen LogP contribution is 2.29. The summed E-state index contributed by atoms with van der Waals surface area (Å²) in [6, 6.07) is 3.57. The maximum atomic E-state index is 12.3. The molecular formula is C19H28N6O3S. The fraction of sp³-hybridized carbons (Fsp3) is 0.579. The molecule has 3 rings (SSSR count). The van der Waals surface area contributed by atoms with E-state index in [0.29, 0.717) is 48.2 Å². The first-order chi connectivity index (χ1) is 13.7. The molecule has 2 aromatic heterocycles. The van der Waals surface area contributed by atoms with E-state index in [1.165, 1.54) is 11.8 Å². The van der Waals surface area contributed by atoms with Crippen molar-refractivity contribution in [1.29, 1.82) is 0 Å². The van der Waals surface area contributed by atoms with Crippen molar-refractivity contribution in [1.82, 2.24) is 24.6 Å².